The van der Waals surface area contributed by atoms with E-state index in [2.05, 4.69) is 10.6 Å². The number of para-hydroxylation sites is 1. The van der Waals surface area contributed by atoms with Gasteiger partial charge in [0, 0.05) is 23.6 Å². The van der Waals surface area contributed by atoms with E-state index in [0.717, 1.165) is 24.8 Å². The molecule has 1 fully saturated rings. The predicted molar refractivity (Wildman–Crippen MR) is 125 cm³/mol. The Labute approximate surface area is 186 Å². The number of carbonyl (C=O) groups is 1. The summed E-state index contributed by atoms with van der Waals surface area (Å²) in [6.45, 7) is 0.739. The number of amides is 1. The second-order valence-corrected chi connectivity index (χ2v) is 8.08. The van der Waals surface area contributed by atoms with Gasteiger partial charge in [0.25, 0.3) is 5.91 Å². The molecule has 3 aromatic rings. The molecule has 2 N–H and O–H groups in total. The zero-order chi connectivity index (χ0) is 22.5. The van der Waals surface area contributed by atoms with Gasteiger partial charge < -0.3 is 24.5 Å². The van der Waals surface area contributed by atoms with Gasteiger partial charge in [0.2, 0.25) is 0 Å². The summed E-state index contributed by atoms with van der Waals surface area (Å²) in [6, 6.07) is 12.2. The van der Waals surface area contributed by atoms with Crippen molar-refractivity contribution in [3.8, 4) is 11.5 Å². The maximum absolute atomic E-state index is 13.1. The average molecular weight is 437 g/mol. The molecule has 0 radical (unpaired) electrons. The van der Waals surface area contributed by atoms with Crippen molar-refractivity contribution in [2.24, 2.45) is 5.92 Å². The van der Waals surface area contributed by atoms with Crippen LogP contribution in [0.25, 0.3) is 11.0 Å². The van der Waals surface area contributed by atoms with Gasteiger partial charge in [0.15, 0.2) is 5.69 Å². The standard InChI is InChI=1S/C25H28N2O5/c1-30-18-12-17(13-19(14-18)31-2)24(28)27-23-22(26-15-16-8-4-3-5-9-16)20-10-6-7-11-21(20)32-25(23)29/h6-7,10-14,16,26H,3-5,8-9,15H2,1-2H3,(H,27,28). The maximum atomic E-state index is 13.1. The van der Waals surface area contributed by atoms with Crippen molar-refractivity contribution in [3.63, 3.8) is 0 Å². The first-order chi connectivity index (χ1) is 15.6. The highest BCUT2D eigenvalue weighted by Gasteiger charge is 2.20. The zero-order valence-corrected chi connectivity index (χ0v) is 18.4. The number of benzene rings is 2. The summed E-state index contributed by atoms with van der Waals surface area (Å²) in [5, 5.41) is 6.95. The van der Waals surface area contributed by atoms with E-state index in [1.807, 2.05) is 18.2 Å². The lowest BCUT2D eigenvalue weighted by molar-refractivity contribution is 0.102. The highest BCUT2D eigenvalue weighted by atomic mass is 16.5. The smallest absolute Gasteiger partial charge is 0.362 e. The highest BCUT2D eigenvalue weighted by molar-refractivity contribution is 6.09. The molecule has 7 heteroatoms. The molecular formula is C25H28N2O5. The molecule has 1 aliphatic rings. The van der Waals surface area contributed by atoms with Crippen LogP contribution in [0, 0.1) is 5.92 Å². The summed E-state index contributed by atoms with van der Waals surface area (Å²) in [5.41, 5.74) is 0.881. The Hall–Kier alpha value is -3.48. The quantitative estimate of drug-likeness (QED) is 0.504. The van der Waals surface area contributed by atoms with E-state index in [1.165, 1.54) is 33.5 Å². The lowest BCUT2D eigenvalue weighted by Crippen LogP contribution is -2.23. The van der Waals surface area contributed by atoms with Crippen molar-refractivity contribution in [1.82, 2.24) is 0 Å². The second kappa shape index (κ2) is 9.77. The lowest BCUT2D eigenvalue weighted by atomic mass is 9.89. The number of ether oxygens (including phenoxy) is 2. The Kier molecular flexibility index (Phi) is 6.63. The minimum Gasteiger partial charge on any atom is -0.497 e. The highest BCUT2D eigenvalue weighted by Crippen LogP contribution is 2.31. The van der Waals surface area contributed by atoms with Crippen molar-refractivity contribution in [1.29, 1.82) is 0 Å². The Morgan fingerprint density at radius 3 is 2.38 bits per heavy atom. The SMILES string of the molecule is COc1cc(OC)cc(C(=O)Nc2c(NCC3CCCCC3)c3ccccc3oc2=O)c1. The predicted octanol–water partition coefficient (Wildman–Crippen LogP) is 5.05. The minimum atomic E-state index is -0.599. The van der Waals surface area contributed by atoms with Gasteiger partial charge in [-0.3, -0.25) is 4.79 Å². The van der Waals surface area contributed by atoms with Crippen LogP contribution in [0.1, 0.15) is 42.5 Å². The van der Waals surface area contributed by atoms with Crippen molar-refractivity contribution >= 4 is 28.3 Å². The van der Waals surface area contributed by atoms with E-state index in [0.29, 0.717) is 34.3 Å². The Balaban J connectivity index is 1.69. The van der Waals surface area contributed by atoms with Crippen LogP contribution >= 0.6 is 0 Å². The maximum Gasteiger partial charge on any atom is 0.362 e. The van der Waals surface area contributed by atoms with Crippen molar-refractivity contribution < 1.29 is 18.7 Å². The first-order valence-corrected chi connectivity index (χ1v) is 10.9. The monoisotopic (exact) mass is 436 g/mol. The van der Waals surface area contributed by atoms with Gasteiger partial charge in [-0.1, -0.05) is 31.4 Å². The lowest BCUT2D eigenvalue weighted by Gasteiger charge is -2.23. The first kappa shape index (κ1) is 21.7. The number of methoxy groups -OCH3 is 2. The normalized spacial score (nSPS) is 14.2. The molecule has 2 aromatic carbocycles. The minimum absolute atomic E-state index is 0.103. The molecule has 168 valence electrons. The molecule has 0 saturated heterocycles. The molecule has 32 heavy (non-hydrogen) atoms. The molecular weight excluding hydrogens is 408 g/mol. The third-order valence-electron chi connectivity index (χ3n) is 5.96. The Morgan fingerprint density at radius 1 is 1.00 bits per heavy atom. The number of carbonyl (C=O) groups excluding carboxylic acids is 1. The van der Waals surface area contributed by atoms with Crippen LogP contribution in [0.2, 0.25) is 0 Å². The number of hydrogen-bond acceptors (Lipinski definition) is 6. The molecule has 0 aliphatic heterocycles. The van der Waals surface area contributed by atoms with E-state index < -0.39 is 11.5 Å². The van der Waals surface area contributed by atoms with Gasteiger partial charge in [-0.2, -0.15) is 0 Å². The van der Waals surface area contributed by atoms with E-state index in [4.69, 9.17) is 13.9 Å². The van der Waals surface area contributed by atoms with Crippen LogP contribution in [-0.4, -0.2) is 26.7 Å². The van der Waals surface area contributed by atoms with Gasteiger partial charge in [0.05, 0.1) is 19.9 Å². The molecule has 4 rings (SSSR count). The Morgan fingerprint density at radius 2 is 1.69 bits per heavy atom. The van der Waals surface area contributed by atoms with E-state index >= 15 is 0 Å². The van der Waals surface area contributed by atoms with Crippen LogP contribution < -0.4 is 25.7 Å². The molecule has 1 heterocycles. The largest absolute Gasteiger partial charge is 0.497 e. The second-order valence-electron chi connectivity index (χ2n) is 8.08. The van der Waals surface area contributed by atoms with Crippen molar-refractivity contribution in [2.75, 3.05) is 31.4 Å². The first-order valence-electron chi connectivity index (χ1n) is 10.9. The summed E-state index contributed by atoms with van der Waals surface area (Å²) in [4.78, 5) is 25.9. The molecule has 0 bridgehead atoms. The van der Waals surface area contributed by atoms with Gasteiger partial charge in [0.1, 0.15) is 17.1 Å². The molecule has 0 atom stereocenters. The number of nitrogens with one attached hydrogen (secondary N) is 2. The van der Waals surface area contributed by atoms with Gasteiger partial charge >= 0.3 is 5.63 Å². The third-order valence-corrected chi connectivity index (χ3v) is 5.96. The third kappa shape index (κ3) is 4.72. The van der Waals surface area contributed by atoms with Gasteiger partial charge in [-0.15, -0.1) is 0 Å². The molecule has 7 nitrogen and oxygen atoms in total. The van der Waals surface area contributed by atoms with Crippen molar-refractivity contribution in [2.45, 2.75) is 32.1 Å². The fraction of sp³-hybridized carbons (Fsp3) is 0.360. The average Bonchev–Trinajstić information content (AvgIpc) is 2.84. The van der Waals surface area contributed by atoms with Crippen LogP contribution in [0.4, 0.5) is 11.4 Å². The Bertz CT molecular complexity index is 1140. The molecule has 0 unspecified atom stereocenters. The van der Waals surface area contributed by atoms with E-state index in [9.17, 15) is 9.59 Å². The molecule has 1 amide bonds. The zero-order valence-electron chi connectivity index (χ0n) is 18.4. The number of anilines is 2. The summed E-state index contributed by atoms with van der Waals surface area (Å²) in [6.07, 6.45) is 6.06. The summed E-state index contributed by atoms with van der Waals surface area (Å²) < 4.78 is 16.0. The van der Waals surface area contributed by atoms with E-state index in [1.54, 1.807) is 24.3 Å². The van der Waals surface area contributed by atoms with Crippen LogP contribution in [0.3, 0.4) is 0 Å². The van der Waals surface area contributed by atoms with Crippen LogP contribution in [0.15, 0.2) is 51.7 Å². The number of fused-ring (bicyclic) bond motifs is 1. The van der Waals surface area contributed by atoms with Crippen molar-refractivity contribution in [3.05, 3.63) is 58.4 Å². The molecule has 1 aliphatic carbocycles. The van der Waals surface area contributed by atoms with Gasteiger partial charge in [-0.25, -0.2) is 4.79 Å². The van der Waals surface area contributed by atoms with Crippen LogP contribution in [0.5, 0.6) is 11.5 Å². The topological polar surface area (TPSA) is 89.8 Å². The fourth-order valence-electron chi connectivity index (χ4n) is 4.21. The summed E-state index contributed by atoms with van der Waals surface area (Å²) in [7, 11) is 3.03. The molecule has 0 spiro atoms. The fourth-order valence-corrected chi connectivity index (χ4v) is 4.21. The molecule has 1 saturated carbocycles. The number of hydrogen-bond donors (Lipinski definition) is 2. The number of rotatable bonds is 7. The summed E-state index contributed by atoms with van der Waals surface area (Å²) >= 11 is 0. The summed E-state index contributed by atoms with van der Waals surface area (Å²) in [5.74, 6) is 1.05. The molecule has 1 aromatic heterocycles. The van der Waals surface area contributed by atoms with Gasteiger partial charge in [-0.05, 0) is 43.0 Å². The van der Waals surface area contributed by atoms with Crippen LogP contribution in [-0.2, 0) is 0 Å². The van der Waals surface area contributed by atoms with E-state index in [-0.39, 0.29) is 5.69 Å².